The maximum absolute atomic E-state index is 12.7. The summed E-state index contributed by atoms with van der Waals surface area (Å²) in [5.41, 5.74) is 2.32. The van der Waals surface area contributed by atoms with Gasteiger partial charge in [-0.15, -0.1) is 0 Å². The lowest BCUT2D eigenvalue weighted by molar-refractivity contribution is -0.0567. The Hall–Kier alpha value is -3.74. The Balaban J connectivity index is 1.70. The maximum atomic E-state index is 12.7. The number of aromatic nitrogens is 2. The van der Waals surface area contributed by atoms with Crippen molar-refractivity contribution in [3.8, 4) is 0 Å². The first-order chi connectivity index (χ1) is 16.6. The van der Waals surface area contributed by atoms with E-state index in [1.807, 2.05) is 54.6 Å². The highest BCUT2D eigenvalue weighted by molar-refractivity contribution is 5.49. The van der Waals surface area contributed by atoms with Crippen LogP contribution in [0.3, 0.4) is 0 Å². The summed E-state index contributed by atoms with van der Waals surface area (Å²) < 4.78 is 7.41. The zero-order valence-corrected chi connectivity index (χ0v) is 18.9. The summed E-state index contributed by atoms with van der Waals surface area (Å²) in [5, 5.41) is 0. The summed E-state index contributed by atoms with van der Waals surface area (Å²) in [6.07, 6.45) is 0.977. The quantitative estimate of drug-likeness (QED) is 0.468. The molecule has 1 N–H and O–H groups in total. The van der Waals surface area contributed by atoms with Crippen molar-refractivity contribution in [3.05, 3.63) is 147 Å². The molecule has 0 bridgehead atoms. The van der Waals surface area contributed by atoms with Crippen molar-refractivity contribution in [1.82, 2.24) is 14.5 Å². The van der Waals surface area contributed by atoms with Crippen molar-refractivity contribution in [2.75, 3.05) is 13.1 Å². The van der Waals surface area contributed by atoms with E-state index in [4.69, 9.17) is 4.74 Å². The van der Waals surface area contributed by atoms with Crippen molar-refractivity contribution < 1.29 is 4.74 Å². The van der Waals surface area contributed by atoms with Crippen LogP contribution in [0.5, 0.6) is 0 Å². The second-order valence-electron chi connectivity index (χ2n) is 8.45. The zero-order chi connectivity index (χ0) is 23.5. The predicted molar refractivity (Wildman–Crippen MR) is 131 cm³/mol. The molecule has 0 amide bonds. The van der Waals surface area contributed by atoms with Gasteiger partial charge in [-0.05, 0) is 23.6 Å². The number of nitrogens with zero attached hydrogens (tertiary/aromatic N) is 2. The number of H-pyrrole nitrogens is 1. The van der Waals surface area contributed by atoms with Gasteiger partial charge in [-0.1, -0.05) is 91.0 Å². The van der Waals surface area contributed by atoms with Crippen LogP contribution in [-0.2, 0) is 10.3 Å². The van der Waals surface area contributed by atoms with Gasteiger partial charge in [-0.25, -0.2) is 4.79 Å². The van der Waals surface area contributed by atoms with Crippen molar-refractivity contribution in [1.29, 1.82) is 0 Å². The Labute approximate surface area is 198 Å². The van der Waals surface area contributed by atoms with E-state index in [2.05, 4.69) is 46.3 Å². The molecule has 1 fully saturated rings. The molecule has 171 valence electrons. The van der Waals surface area contributed by atoms with Gasteiger partial charge in [-0.3, -0.25) is 19.2 Å². The zero-order valence-electron chi connectivity index (χ0n) is 18.9. The standard InChI is InChI=1S/C28H26N3O3/c1-21-19-31(27(33)29-26(21)32)25-20-30(17-18-34-25)28(22-11-5-2-6-12-22,23-13-7-3-8-14-23)24-15-9-4-10-16-24/h2-16,18-19,25H,17,20H2,1H3,(H,29,32,33)/t25-/m1/s1. The molecule has 1 radical (unpaired) electrons. The van der Waals surface area contributed by atoms with Crippen molar-refractivity contribution >= 4 is 0 Å². The number of rotatable bonds is 5. The average molecular weight is 453 g/mol. The van der Waals surface area contributed by atoms with Crippen molar-refractivity contribution in [2.24, 2.45) is 0 Å². The number of aryl methyl sites for hydroxylation is 1. The van der Waals surface area contributed by atoms with E-state index >= 15 is 0 Å². The molecule has 1 aliphatic rings. The smallest absolute Gasteiger partial charge is 0.330 e. The predicted octanol–water partition coefficient (Wildman–Crippen LogP) is 3.83. The molecule has 0 spiro atoms. The van der Waals surface area contributed by atoms with Crippen LogP contribution in [-0.4, -0.2) is 27.5 Å². The molecule has 2 heterocycles. The molecule has 3 aromatic carbocycles. The van der Waals surface area contributed by atoms with Crippen molar-refractivity contribution in [2.45, 2.75) is 18.7 Å². The van der Waals surface area contributed by atoms with Crippen LogP contribution in [0, 0.1) is 13.5 Å². The minimum absolute atomic E-state index is 0.384. The normalized spacial score (nSPS) is 16.9. The van der Waals surface area contributed by atoms with Gasteiger partial charge in [0.2, 0.25) is 0 Å². The maximum Gasteiger partial charge on any atom is 0.330 e. The van der Waals surface area contributed by atoms with Crippen LogP contribution < -0.4 is 11.2 Å². The Kier molecular flexibility index (Phi) is 6.01. The minimum atomic E-state index is -0.622. The van der Waals surface area contributed by atoms with Crippen LogP contribution in [0.4, 0.5) is 0 Å². The fraction of sp³-hybridized carbons (Fsp3) is 0.179. The van der Waals surface area contributed by atoms with Crippen LogP contribution in [0.15, 0.2) is 107 Å². The highest BCUT2D eigenvalue weighted by atomic mass is 16.5. The van der Waals surface area contributed by atoms with Gasteiger partial charge in [0.05, 0.1) is 5.54 Å². The van der Waals surface area contributed by atoms with E-state index in [1.165, 1.54) is 4.57 Å². The first kappa shape index (κ1) is 22.1. The molecule has 6 nitrogen and oxygen atoms in total. The Morgan fingerprint density at radius 2 is 1.32 bits per heavy atom. The fourth-order valence-corrected chi connectivity index (χ4v) is 4.86. The molecule has 5 rings (SSSR count). The van der Waals surface area contributed by atoms with E-state index in [-0.39, 0.29) is 5.56 Å². The van der Waals surface area contributed by atoms with Gasteiger partial charge in [0, 0.05) is 24.8 Å². The van der Waals surface area contributed by atoms with Crippen molar-refractivity contribution in [3.63, 3.8) is 0 Å². The summed E-state index contributed by atoms with van der Waals surface area (Å²) in [6.45, 7) is 4.40. The molecule has 1 aromatic heterocycles. The minimum Gasteiger partial charge on any atom is -0.349 e. The van der Waals surface area contributed by atoms with E-state index in [9.17, 15) is 9.59 Å². The first-order valence-corrected chi connectivity index (χ1v) is 11.3. The second-order valence-corrected chi connectivity index (χ2v) is 8.45. The lowest BCUT2D eigenvalue weighted by Crippen LogP contribution is -2.54. The summed E-state index contributed by atoms with van der Waals surface area (Å²) in [5.74, 6) is 0. The third-order valence-electron chi connectivity index (χ3n) is 6.43. The molecule has 1 aliphatic heterocycles. The summed E-state index contributed by atoms with van der Waals surface area (Å²) >= 11 is 0. The Bertz CT molecular complexity index is 1270. The summed E-state index contributed by atoms with van der Waals surface area (Å²) in [7, 11) is 0. The SMILES string of the molecule is Cc1cn([C@H]2CN(C(c3ccccc3)(c3ccccc3)c3ccccc3)C[CH]O2)c(=O)[nH]c1=O. The average Bonchev–Trinajstić information content (AvgIpc) is 2.89. The van der Waals surface area contributed by atoms with E-state index < -0.39 is 17.5 Å². The molecule has 1 saturated heterocycles. The number of hydrogen-bond acceptors (Lipinski definition) is 4. The van der Waals surface area contributed by atoms with Gasteiger partial charge >= 0.3 is 5.69 Å². The molecule has 0 saturated carbocycles. The van der Waals surface area contributed by atoms with E-state index in [0.29, 0.717) is 18.7 Å². The summed E-state index contributed by atoms with van der Waals surface area (Å²) in [6, 6.07) is 31.2. The molecule has 1 atom stereocenters. The molecular weight excluding hydrogens is 426 g/mol. The monoisotopic (exact) mass is 452 g/mol. The van der Waals surface area contributed by atoms with Crippen LogP contribution in [0.1, 0.15) is 28.5 Å². The van der Waals surface area contributed by atoms with Crippen LogP contribution in [0.25, 0.3) is 0 Å². The number of morpholine rings is 1. The first-order valence-electron chi connectivity index (χ1n) is 11.3. The molecule has 34 heavy (non-hydrogen) atoms. The van der Waals surface area contributed by atoms with Gasteiger partial charge in [-0.2, -0.15) is 0 Å². The number of ether oxygens (including phenoxy) is 1. The Morgan fingerprint density at radius 1 is 0.824 bits per heavy atom. The number of nitrogens with one attached hydrogen (secondary N) is 1. The number of aromatic amines is 1. The topological polar surface area (TPSA) is 67.3 Å². The highest BCUT2D eigenvalue weighted by Gasteiger charge is 2.44. The molecular formula is C28H26N3O3. The third kappa shape index (κ3) is 3.81. The molecule has 6 heteroatoms. The largest absolute Gasteiger partial charge is 0.349 e. The van der Waals surface area contributed by atoms with Gasteiger partial charge in [0.15, 0.2) is 6.23 Å². The van der Waals surface area contributed by atoms with E-state index in [1.54, 1.807) is 19.7 Å². The number of benzene rings is 3. The highest BCUT2D eigenvalue weighted by Crippen LogP contribution is 2.44. The molecule has 0 aliphatic carbocycles. The fourth-order valence-electron chi connectivity index (χ4n) is 4.86. The lowest BCUT2D eigenvalue weighted by Gasteiger charge is -2.48. The number of hydrogen-bond donors (Lipinski definition) is 1. The third-order valence-corrected chi connectivity index (χ3v) is 6.43. The van der Waals surface area contributed by atoms with Gasteiger partial charge in [0.25, 0.3) is 5.56 Å². The molecule has 4 aromatic rings. The lowest BCUT2D eigenvalue weighted by atomic mass is 9.75. The molecule has 0 unspecified atom stereocenters. The Morgan fingerprint density at radius 3 is 1.82 bits per heavy atom. The van der Waals surface area contributed by atoms with E-state index in [0.717, 1.165) is 16.7 Å². The van der Waals surface area contributed by atoms with Gasteiger partial charge in [0.1, 0.15) is 6.61 Å². The van der Waals surface area contributed by atoms with Crippen LogP contribution >= 0.6 is 0 Å². The second kappa shape index (κ2) is 9.25. The summed E-state index contributed by atoms with van der Waals surface area (Å²) in [4.78, 5) is 29.3. The van der Waals surface area contributed by atoms with Gasteiger partial charge < -0.3 is 4.74 Å². The van der Waals surface area contributed by atoms with Crippen LogP contribution in [0.2, 0.25) is 0 Å².